The molecule has 0 aliphatic heterocycles. The van der Waals surface area contributed by atoms with E-state index in [-0.39, 0.29) is 29.5 Å². The van der Waals surface area contributed by atoms with Gasteiger partial charge in [-0.1, -0.05) is 65.7 Å². The van der Waals surface area contributed by atoms with Gasteiger partial charge in [-0.3, -0.25) is 9.59 Å². The van der Waals surface area contributed by atoms with Gasteiger partial charge in [0.2, 0.25) is 0 Å². The lowest BCUT2D eigenvalue weighted by Crippen LogP contribution is -2.23. The van der Waals surface area contributed by atoms with Gasteiger partial charge in [0.15, 0.2) is 0 Å². The number of aromatic nitrogens is 1. The Kier molecular flexibility index (Phi) is 7.55. The van der Waals surface area contributed by atoms with Crippen LogP contribution >= 0.6 is 23.2 Å². The van der Waals surface area contributed by atoms with Crippen LogP contribution in [-0.4, -0.2) is 24.8 Å². The average Bonchev–Trinajstić information content (AvgIpc) is 2.78. The van der Waals surface area contributed by atoms with E-state index in [1.165, 1.54) is 17.7 Å². The van der Waals surface area contributed by atoms with Gasteiger partial charge < -0.3 is 14.0 Å². The van der Waals surface area contributed by atoms with Crippen molar-refractivity contribution in [2.45, 2.75) is 13.0 Å². The van der Waals surface area contributed by atoms with Gasteiger partial charge in [-0.25, -0.2) is 0 Å². The van der Waals surface area contributed by atoms with E-state index < -0.39 is 0 Å². The SMILES string of the molecule is COC(=O)Cc1ccc(Cn2c(/C=C/c3cccc(OC)c3)c(Cl)cc(Cl)c2=O)cc1. The smallest absolute Gasteiger partial charge is 0.309 e. The fraction of sp³-hybridized carbons (Fsp3) is 0.167. The van der Waals surface area contributed by atoms with E-state index in [0.717, 1.165) is 22.4 Å². The number of methoxy groups -OCH3 is 2. The lowest BCUT2D eigenvalue weighted by Gasteiger charge is -2.13. The lowest BCUT2D eigenvalue weighted by molar-refractivity contribution is -0.139. The number of ether oxygens (including phenoxy) is 2. The van der Waals surface area contributed by atoms with Crippen molar-refractivity contribution in [1.29, 1.82) is 0 Å². The van der Waals surface area contributed by atoms with Gasteiger partial charge in [-0.15, -0.1) is 0 Å². The molecule has 0 aliphatic carbocycles. The highest BCUT2D eigenvalue weighted by atomic mass is 35.5. The number of benzene rings is 2. The molecule has 0 saturated heterocycles. The molecular formula is C24H21Cl2NO4. The van der Waals surface area contributed by atoms with Gasteiger partial charge in [0, 0.05) is 0 Å². The van der Waals surface area contributed by atoms with Crippen molar-refractivity contribution >= 4 is 41.3 Å². The second-order valence-electron chi connectivity index (χ2n) is 6.80. The summed E-state index contributed by atoms with van der Waals surface area (Å²) in [5.74, 6) is 0.421. The Morgan fingerprint density at radius 2 is 1.68 bits per heavy atom. The van der Waals surface area contributed by atoms with E-state index in [9.17, 15) is 9.59 Å². The van der Waals surface area contributed by atoms with Gasteiger partial charge in [-0.2, -0.15) is 0 Å². The van der Waals surface area contributed by atoms with Crippen LogP contribution in [0, 0.1) is 0 Å². The zero-order valence-electron chi connectivity index (χ0n) is 17.1. The Morgan fingerprint density at radius 1 is 0.968 bits per heavy atom. The summed E-state index contributed by atoms with van der Waals surface area (Å²) in [6, 6.07) is 16.4. The zero-order valence-corrected chi connectivity index (χ0v) is 18.6. The van der Waals surface area contributed by atoms with Gasteiger partial charge in [0.05, 0.1) is 37.9 Å². The van der Waals surface area contributed by atoms with Crippen LogP contribution < -0.4 is 10.3 Å². The number of carbonyl (C=O) groups is 1. The number of carbonyl (C=O) groups excluding carboxylic acids is 1. The summed E-state index contributed by atoms with van der Waals surface area (Å²) in [6.45, 7) is 0.273. The van der Waals surface area contributed by atoms with Gasteiger partial charge >= 0.3 is 5.97 Å². The number of nitrogens with zero attached hydrogens (tertiary/aromatic N) is 1. The van der Waals surface area contributed by atoms with Crippen LogP contribution in [0.5, 0.6) is 5.75 Å². The number of hydrogen-bond acceptors (Lipinski definition) is 4. The first-order chi connectivity index (χ1) is 14.9. The Hall–Kier alpha value is -3.02. The summed E-state index contributed by atoms with van der Waals surface area (Å²) in [6.07, 6.45) is 3.82. The highest BCUT2D eigenvalue weighted by Gasteiger charge is 2.12. The third-order valence-corrected chi connectivity index (χ3v) is 5.28. The van der Waals surface area contributed by atoms with Crippen molar-refractivity contribution in [3.8, 4) is 5.75 Å². The van der Waals surface area contributed by atoms with Gasteiger partial charge in [0.1, 0.15) is 10.8 Å². The minimum absolute atomic E-state index is 0.0471. The Balaban J connectivity index is 1.93. The minimum Gasteiger partial charge on any atom is -0.497 e. The van der Waals surface area contributed by atoms with E-state index >= 15 is 0 Å². The summed E-state index contributed by atoms with van der Waals surface area (Å²) >= 11 is 12.5. The molecule has 0 radical (unpaired) electrons. The largest absolute Gasteiger partial charge is 0.497 e. The first-order valence-corrected chi connectivity index (χ1v) is 10.2. The van der Waals surface area contributed by atoms with Crippen molar-refractivity contribution in [1.82, 2.24) is 4.57 Å². The van der Waals surface area contributed by atoms with Crippen molar-refractivity contribution in [3.05, 3.63) is 97.4 Å². The van der Waals surface area contributed by atoms with Crippen molar-refractivity contribution in [3.63, 3.8) is 0 Å². The third kappa shape index (κ3) is 5.78. The lowest BCUT2D eigenvalue weighted by atomic mass is 10.1. The maximum Gasteiger partial charge on any atom is 0.309 e. The number of hydrogen-bond donors (Lipinski definition) is 0. The van der Waals surface area contributed by atoms with Crippen molar-refractivity contribution < 1.29 is 14.3 Å². The molecule has 1 heterocycles. The molecule has 0 atom stereocenters. The molecular weight excluding hydrogens is 437 g/mol. The Morgan fingerprint density at radius 3 is 2.35 bits per heavy atom. The van der Waals surface area contributed by atoms with Crippen LogP contribution in [0.1, 0.15) is 22.4 Å². The first kappa shape index (κ1) is 22.7. The quantitative estimate of drug-likeness (QED) is 0.463. The molecule has 3 rings (SSSR count). The average molecular weight is 458 g/mol. The molecule has 0 saturated carbocycles. The number of esters is 1. The molecule has 1 aromatic heterocycles. The first-order valence-electron chi connectivity index (χ1n) is 9.47. The molecule has 0 amide bonds. The standard InChI is InChI=1S/C24H21Cl2NO4/c1-30-19-5-3-4-16(12-19)10-11-22-20(25)14-21(26)24(29)27(22)15-18-8-6-17(7-9-18)13-23(28)31-2/h3-12,14H,13,15H2,1-2H3/b11-10+. The van der Waals surface area contributed by atoms with Crippen molar-refractivity contribution in [2.75, 3.05) is 14.2 Å². The van der Waals surface area contributed by atoms with E-state index in [4.69, 9.17) is 27.9 Å². The van der Waals surface area contributed by atoms with Crippen LogP contribution in [0.2, 0.25) is 10.0 Å². The summed E-state index contributed by atoms with van der Waals surface area (Å²) in [5, 5.41) is 0.414. The summed E-state index contributed by atoms with van der Waals surface area (Å²) < 4.78 is 11.5. The Labute approximate surface area is 190 Å². The van der Waals surface area contributed by atoms with Crippen LogP contribution in [0.15, 0.2) is 59.4 Å². The fourth-order valence-electron chi connectivity index (χ4n) is 3.05. The number of halogens is 2. The van der Waals surface area contributed by atoms with E-state index in [1.807, 2.05) is 54.6 Å². The summed E-state index contributed by atoms with van der Waals surface area (Å²) in [4.78, 5) is 24.2. The highest BCUT2D eigenvalue weighted by Crippen LogP contribution is 2.22. The molecule has 2 aromatic carbocycles. The van der Waals surface area contributed by atoms with E-state index in [0.29, 0.717) is 10.7 Å². The summed E-state index contributed by atoms with van der Waals surface area (Å²) in [7, 11) is 2.96. The molecule has 160 valence electrons. The second-order valence-corrected chi connectivity index (χ2v) is 7.61. The normalized spacial score (nSPS) is 11.0. The van der Waals surface area contributed by atoms with Crippen LogP contribution in [0.25, 0.3) is 12.2 Å². The maximum absolute atomic E-state index is 12.8. The molecule has 0 aliphatic rings. The molecule has 0 unspecified atom stereocenters. The highest BCUT2D eigenvalue weighted by molar-refractivity contribution is 6.35. The van der Waals surface area contributed by atoms with Gasteiger partial charge in [0.25, 0.3) is 5.56 Å². The molecule has 31 heavy (non-hydrogen) atoms. The van der Waals surface area contributed by atoms with E-state index in [2.05, 4.69) is 4.74 Å². The molecule has 0 spiro atoms. The summed E-state index contributed by atoms with van der Waals surface area (Å²) in [5.41, 5.74) is 2.79. The van der Waals surface area contributed by atoms with E-state index in [1.54, 1.807) is 13.2 Å². The Bertz CT molecular complexity index is 1170. The molecule has 0 bridgehead atoms. The second kappa shape index (κ2) is 10.3. The van der Waals surface area contributed by atoms with Crippen molar-refractivity contribution in [2.24, 2.45) is 0 Å². The molecule has 3 aromatic rings. The predicted molar refractivity (Wildman–Crippen MR) is 124 cm³/mol. The molecule has 0 fully saturated rings. The van der Waals surface area contributed by atoms with Gasteiger partial charge in [-0.05, 0) is 41.0 Å². The molecule has 7 heteroatoms. The minimum atomic E-state index is -0.338. The maximum atomic E-state index is 12.8. The number of pyridine rings is 1. The van der Waals surface area contributed by atoms with Crippen LogP contribution in [-0.2, 0) is 22.5 Å². The van der Waals surface area contributed by atoms with Crippen LogP contribution in [0.4, 0.5) is 0 Å². The molecule has 5 nitrogen and oxygen atoms in total. The third-order valence-electron chi connectivity index (χ3n) is 4.71. The predicted octanol–water partition coefficient (Wildman–Crippen LogP) is 5.10. The fourth-order valence-corrected chi connectivity index (χ4v) is 3.59. The monoisotopic (exact) mass is 457 g/mol. The van der Waals surface area contributed by atoms with Crippen LogP contribution in [0.3, 0.4) is 0 Å². The zero-order chi connectivity index (χ0) is 22.4. The number of rotatable bonds is 7. The molecule has 0 N–H and O–H groups in total. The topological polar surface area (TPSA) is 57.5 Å².